The van der Waals surface area contributed by atoms with Gasteiger partial charge in [0.15, 0.2) is 0 Å². The fourth-order valence-corrected chi connectivity index (χ4v) is 2.24. The Kier molecular flexibility index (Phi) is 7.39. The second-order valence-corrected chi connectivity index (χ2v) is 6.17. The Bertz CT molecular complexity index is 458. The highest BCUT2D eigenvalue weighted by molar-refractivity contribution is 5.74. The third kappa shape index (κ3) is 5.34. The predicted molar refractivity (Wildman–Crippen MR) is 93.1 cm³/mol. The summed E-state index contributed by atoms with van der Waals surface area (Å²) in [6, 6.07) is 8.91. The first-order chi connectivity index (χ1) is 10.4. The molecule has 4 heteroatoms. The van der Waals surface area contributed by atoms with E-state index in [1.54, 1.807) is 4.90 Å². The van der Waals surface area contributed by atoms with Crippen LogP contribution >= 0.6 is 0 Å². The number of hydrogen-bond acceptors (Lipinski definition) is 2. The summed E-state index contributed by atoms with van der Waals surface area (Å²) >= 11 is 0. The van der Waals surface area contributed by atoms with E-state index in [0.717, 1.165) is 18.5 Å². The van der Waals surface area contributed by atoms with Crippen molar-refractivity contribution in [2.75, 3.05) is 27.2 Å². The lowest BCUT2D eigenvalue weighted by Gasteiger charge is -2.27. The number of urea groups is 1. The highest BCUT2D eigenvalue weighted by Gasteiger charge is 2.17. The van der Waals surface area contributed by atoms with Crippen LogP contribution in [-0.2, 0) is 0 Å². The molecular formula is C18H31N3O. The van der Waals surface area contributed by atoms with Gasteiger partial charge in [-0.05, 0) is 39.8 Å². The van der Waals surface area contributed by atoms with Gasteiger partial charge in [-0.15, -0.1) is 0 Å². The number of carbonyl (C=O) groups excluding carboxylic acids is 1. The van der Waals surface area contributed by atoms with Crippen LogP contribution in [-0.4, -0.2) is 49.1 Å². The Hall–Kier alpha value is -1.55. The third-order valence-corrected chi connectivity index (χ3v) is 4.55. The van der Waals surface area contributed by atoms with E-state index in [9.17, 15) is 4.79 Å². The first kappa shape index (κ1) is 18.5. The highest BCUT2D eigenvalue weighted by Crippen LogP contribution is 2.18. The van der Waals surface area contributed by atoms with Crippen LogP contribution < -0.4 is 5.32 Å². The summed E-state index contributed by atoms with van der Waals surface area (Å²) in [6.45, 7) is 10.0. The van der Waals surface area contributed by atoms with Crippen molar-refractivity contribution in [3.8, 4) is 0 Å². The molecule has 1 N–H and O–H groups in total. The SMILES string of the molecule is CC[C@@H](C)N(C)CCNC(=O)N(C)[C@H](C)c1ccc(C)cc1. The normalized spacial score (nSPS) is 13.8. The maximum atomic E-state index is 12.2. The summed E-state index contributed by atoms with van der Waals surface area (Å²) in [6.07, 6.45) is 1.12. The molecule has 0 spiro atoms. The van der Waals surface area contributed by atoms with Crippen LogP contribution in [0.5, 0.6) is 0 Å². The van der Waals surface area contributed by atoms with Crippen LogP contribution in [0.3, 0.4) is 0 Å². The van der Waals surface area contributed by atoms with Gasteiger partial charge in [0.05, 0.1) is 6.04 Å². The Morgan fingerprint density at radius 3 is 2.32 bits per heavy atom. The summed E-state index contributed by atoms with van der Waals surface area (Å²) in [5.74, 6) is 0. The zero-order valence-corrected chi connectivity index (χ0v) is 14.9. The number of amides is 2. The molecule has 0 unspecified atom stereocenters. The van der Waals surface area contributed by atoms with Gasteiger partial charge >= 0.3 is 6.03 Å². The van der Waals surface area contributed by atoms with Crippen LogP contribution in [0, 0.1) is 6.92 Å². The number of benzene rings is 1. The number of aryl methyl sites for hydroxylation is 1. The van der Waals surface area contributed by atoms with E-state index in [-0.39, 0.29) is 12.1 Å². The Balaban J connectivity index is 2.46. The van der Waals surface area contributed by atoms with Crippen molar-refractivity contribution in [3.05, 3.63) is 35.4 Å². The van der Waals surface area contributed by atoms with Crippen LogP contribution in [0.15, 0.2) is 24.3 Å². The minimum absolute atomic E-state index is 0.0226. The molecule has 0 aliphatic heterocycles. The molecule has 0 aliphatic rings. The number of likely N-dealkylation sites (N-methyl/N-ethyl adjacent to an activating group) is 1. The lowest BCUT2D eigenvalue weighted by molar-refractivity contribution is 0.190. The summed E-state index contributed by atoms with van der Waals surface area (Å²) < 4.78 is 0. The van der Waals surface area contributed by atoms with Gasteiger partial charge in [0.2, 0.25) is 0 Å². The van der Waals surface area contributed by atoms with Crippen molar-refractivity contribution < 1.29 is 4.79 Å². The molecule has 124 valence electrons. The van der Waals surface area contributed by atoms with Crippen LogP contribution in [0.25, 0.3) is 0 Å². The van der Waals surface area contributed by atoms with Gasteiger partial charge in [0.25, 0.3) is 0 Å². The largest absolute Gasteiger partial charge is 0.337 e. The maximum absolute atomic E-state index is 12.2. The Morgan fingerprint density at radius 2 is 1.77 bits per heavy atom. The van der Waals surface area contributed by atoms with Crippen molar-refractivity contribution in [2.24, 2.45) is 0 Å². The fourth-order valence-electron chi connectivity index (χ4n) is 2.24. The topological polar surface area (TPSA) is 35.6 Å². The fraction of sp³-hybridized carbons (Fsp3) is 0.611. The van der Waals surface area contributed by atoms with E-state index in [4.69, 9.17) is 0 Å². The first-order valence-electron chi connectivity index (χ1n) is 8.14. The zero-order chi connectivity index (χ0) is 16.7. The second kappa shape index (κ2) is 8.79. The van der Waals surface area contributed by atoms with Gasteiger partial charge in [-0.2, -0.15) is 0 Å². The summed E-state index contributed by atoms with van der Waals surface area (Å²) in [5, 5.41) is 3.00. The quantitative estimate of drug-likeness (QED) is 0.837. The minimum atomic E-state index is -0.0226. The lowest BCUT2D eigenvalue weighted by atomic mass is 10.1. The smallest absolute Gasteiger partial charge is 0.317 e. The van der Waals surface area contributed by atoms with Gasteiger partial charge in [-0.1, -0.05) is 36.8 Å². The summed E-state index contributed by atoms with van der Waals surface area (Å²) in [5.41, 5.74) is 2.39. The van der Waals surface area contributed by atoms with E-state index in [0.29, 0.717) is 12.6 Å². The molecule has 2 amide bonds. The standard InChI is InChI=1S/C18H31N3O/c1-7-15(3)20(5)13-12-19-18(22)21(6)16(4)17-10-8-14(2)9-11-17/h8-11,15-16H,7,12-13H2,1-6H3,(H,19,22)/t15-,16-/m1/s1. The molecule has 0 fully saturated rings. The van der Waals surface area contributed by atoms with E-state index >= 15 is 0 Å². The highest BCUT2D eigenvalue weighted by atomic mass is 16.2. The molecule has 0 heterocycles. The molecule has 0 aliphatic carbocycles. The van der Waals surface area contributed by atoms with Crippen LogP contribution in [0.2, 0.25) is 0 Å². The van der Waals surface area contributed by atoms with Crippen molar-refractivity contribution >= 4 is 6.03 Å². The van der Waals surface area contributed by atoms with Gasteiger partial charge in [0, 0.05) is 26.2 Å². The zero-order valence-electron chi connectivity index (χ0n) is 14.9. The average Bonchev–Trinajstić information content (AvgIpc) is 2.53. The predicted octanol–water partition coefficient (Wildman–Crippen LogP) is 3.43. The van der Waals surface area contributed by atoms with E-state index in [1.165, 1.54) is 5.56 Å². The number of hydrogen-bond donors (Lipinski definition) is 1. The molecular weight excluding hydrogens is 274 g/mol. The van der Waals surface area contributed by atoms with Gasteiger partial charge in [-0.3, -0.25) is 0 Å². The molecule has 1 aromatic carbocycles. The molecule has 2 atom stereocenters. The molecule has 0 bridgehead atoms. The van der Waals surface area contributed by atoms with E-state index < -0.39 is 0 Å². The minimum Gasteiger partial charge on any atom is -0.337 e. The first-order valence-corrected chi connectivity index (χ1v) is 8.14. The third-order valence-electron chi connectivity index (χ3n) is 4.55. The van der Waals surface area contributed by atoms with Crippen molar-refractivity contribution in [1.82, 2.24) is 15.1 Å². The molecule has 0 radical (unpaired) electrons. The van der Waals surface area contributed by atoms with Gasteiger partial charge in [0.1, 0.15) is 0 Å². The Morgan fingerprint density at radius 1 is 1.18 bits per heavy atom. The molecule has 0 saturated heterocycles. The van der Waals surface area contributed by atoms with Crippen molar-refractivity contribution in [2.45, 2.75) is 46.2 Å². The van der Waals surface area contributed by atoms with Gasteiger partial charge < -0.3 is 15.1 Å². The average molecular weight is 305 g/mol. The molecule has 1 rings (SSSR count). The molecule has 4 nitrogen and oxygen atoms in total. The van der Waals surface area contributed by atoms with Crippen molar-refractivity contribution in [3.63, 3.8) is 0 Å². The summed E-state index contributed by atoms with van der Waals surface area (Å²) in [7, 11) is 3.94. The van der Waals surface area contributed by atoms with Crippen molar-refractivity contribution in [1.29, 1.82) is 0 Å². The maximum Gasteiger partial charge on any atom is 0.317 e. The second-order valence-electron chi connectivity index (χ2n) is 6.17. The summed E-state index contributed by atoms with van der Waals surface area (Å²) in [4.78, 5) is 16.3. The lowest BCUT2D eigenvalue weighted by Crippen LogP contribution is -2.42. The number of nitrogens with zero attached hydrogens (tertiary/aromatic N) is 2. The van der Waals surface area contributed by atoms with Crippen LogP contribution in [0.1, 0.15) is 44.4 Å². The van der Waals surface area contributed by atoms with Crippen LogP contribution in [0.4, 0.5) is 4.79 Å². The van der Waals surface area contributed by atoms with Gasteiger partial charge in [-0.25, -0.2) is 4.79 Å². The molecule has 0 aromatic heterocycles. The Labute approximate surface area is 135 Å². The monoisotopic (exact) mass is 305 g/mol. The van der Waals surface area contributed by atoms with E-state index in [2.05, 4.69) is 69.2 Å². The molecule has 22 heavy (non-hydrogen) atoms. The molecule has 1 aromatic rings. The number of rotatable bonds is 7. The number of carbonyl (C=O) groups is 1. The molecule has 0 saturated carbocycles. The van der Waals surface area contributed by atoms with E-state index in [1.807, 2.05) is 7.05 Å². The number of nitrogens with one attached hydrogen (secondary N) is 1.